The molecule has 1 saturated heterocycles. The number of aromatic nitrogens is 1. The molecule has 3 rings (SSSR count). The molecule has 0 amide bonds. The van der Waals surface area contributed by atoms with Crippen LogP contribution in [0.5, 0.6) is 0 Å². The Morgan fingerprint density at radius 2 is 1.83 bits per heavy atom. The first kappa shape index (κ1) is 21.9. The molecule has 0 bridgehead atoms. The van der Waals surface area contributed by atoms with Crippen LogP contribution >= 0.6 is 11.6 Å². The van der Waals surface area contributed by atoms with Gasteiger partial charge in [-0.25, -0.2) is 0 Å². The van der Waals surface area contributed by atoms with Crippen LogP contribution < -0.4 is 4.90 Å². The molecule has 1 aromatic carbocycles. The van der Waals surface area contributed by atoms with Gasteiger partial charge in [-0.1, -0.05) is 11.6 Å². The predicted octanol–water partition coefficient (Wildman–Crippen LogP) is 3.64. The minimum absolute atomic E-state index is 0.0225. The number of quaternary nitrogens is 1. The molecule has 29 heavy (non-hydrogen) atoms. The van der Waals surface area contributed by atoms with Crippen LogP contribution in [0.4, 0.5) is 13.2 Å². The zero-order chi connectivity index (χ0) is 21.5. The number of nitrogens with zero attached hydrogens (tertiary/aromatic N) is 1. The molecule has 1 N–H and O–H groups in total. The van der Waals surface area contributed by atoms with Crippen LogP contribution in [-0.2, 0) is 10.9 Å². The fourth-order valence-corrected chi connectivity index (χ4v) is 4.39. The number of halogens is 4. The molecule has 1 fully saturated rings. The molecule has 1 unspecified atom stereocenters. The summed E-state index contributed by atoms with van der Waals surface area (Å²) in [5.74, 6) is -0.0225. The smallest absolute Gasteiger partial charge is 0.364 e. The van der Waals surface area contributed by atoms with E-state index in [1.807, 2.05) is 13.8 Å². The van der Waals surface area contributed by atoms with Crippen LogP contribution in [0.2, 0.25) is 5.02 Å². The fourth-order valence-electron chi connectivity index (χ4n) is 4.17. The van der Waals surface area contributed by atoms with Gasteiger partial charge in [0.15, 0.2) is 0 Å². The Bertz CT molecular complexity index is 913. The minimum Gasteiger partial charge on any atom is -0.364 e. The van der Waals surface area contributed by atoms with Gasteiger partial charge in [0.2, 0.25) is 5.78 Å². The molecular formula is C21H25ClF3N2O2+. The summed E-state index contributed by atoms with van der Waals surface area (Å²) < 4.78 is 47.1. The van der Waals surface area contributed by atoms with Crippen molar-refractivity contribution in [2.45, 2.75) is 46.1 Å². The number of Topliss-reactive ketones (excluding diaryl/α,β-unsaturated/α-hetero) is 1. The summed E-state index contributed by atoms with van der Waals surface area (Å²) in [6.07, 6.45) is -4.37. The first-order valence-electron chi connectivity index (χ1n) is 9.55. The van der Waals surface area contributed by atoms with Gasteiger partial charge in [0, 0.05) is 22.6 Å². The van der Waals surface area contributed by atoms with Crippen molar-refractivity contribution in [1.82, 2.24) is 4.57 Å². The summed E-state index contributed by atoms with van der Waals surface area (Å²) in [5.41, 5.74) is 1.29. The standard InChI is InChI=1S/C21H24ClF3N2O2/c1-12-7-17(20(28)11-26-9-13(2)29-14(3)10-26)15(4)27(12)16-5-6-19(22)18(8-16)21(23,24)25/h5-8,13-14H,9-11H2,1-4H3/p+1/t13-,14+. The number of ether oxygens (including phenoxy) is 1. The predicted molar refractivity (Wildman–Crippen MR) is 105 cm³/mol. The van der Waals surface area contributed by atoms with E-state index in [9.17, 15) is 18.0 Å². The highest BCUT2D eigenvalue weighted by atomic mass is 35.5. The number of carbonyl (C=O) groups is 1. The molecule has 158 valence electrons. The highest BCUT2D eigenvalue weighted by Gasteiger charge is 2.34. The van der Waals surface area contributed by atoms with Gasteiger partial charge in [0.25, 0.3) is 0 Å². The molecule has 2 aromatic rings. The lowest BCUT2D eigenvalue weighted by Crippen LogP contribution is -3.16. The molecule has 0 radical (unpaired) electrons. The summed E-state index contributed by atoms with van der Waals surface area (Å²) in [7, 11) is 0. The maximum Gasteiger partial charge on any atom is 0.417 e. The molecule has 4 nitrogen and oxygen atoms in total. The Balaban J connectivity index is 1.90. The molecule has 0 aliphatic carbocycles. The van der Waals surface area contributed by atoms with Gasteiger partial charge in [0.1, 0.15) is 31.8 Å². The van der Waals surface area contributed by atoms with Crippen molar-refractivity contribution < 1.29 is 27.6 Å². The van der Waals surface area contributed by atoms with E-state index < -0.39 is 11.7 Å². The fraction of sp³-hybridized carbons (Fsp3) is 0.476. The first-order valence-corrected chi connectivity index (χ1v) is 9.93. The van der Waals surface area contributed by atoms with Crippen LogP contribution in [0.25, 0.3) is 5.69 Å². The quantitative estimate of drug-likeness (QED) is 0.753. The van der Waals surface area contributed by atoms with Crippen LogP contribution in [0.3, 0.4) is 0 Å². The number of benzene rings is 1. The van der Waals surface area contributed by atoms with Gasteiger partial charge in [-0.15, -0.1) is 0 Å². The Hall–Kier alpha value is -1.83. The van der Waals surface area contributed by atoms with Gasteiger partial charge in [-0.05, 0) is 52.0 Å². The zero-order valence-corrected chi connectivity index (χ0v) is 17.6. The number of alkyl halides is 3. The van der Waals surface area contributed by atoms with Gasteiger partial charge in [0.05, 0.1) is 10.6 Å². The second-order valence-electron chi connectivity index (χ2n) is 7.80. The maximum absolute atomic E-state index is 13.2. The van der Waals surface area contributed by atoms with E-state index in [0.717, 1.165) is 24.1 Å². The lowest BCUT2D eigenvalue weighted by atomic mass is 10.1. The average Bonchev–Trinajstić information content (AvgIpc) is 2.88. The molecule has 1 aliphatic heterocycles. The largest absolute Gasteiger partial charge is 0.417 e. The maximum atomic E-state index is 13.2. The molecule has 0 spiro atoms. The van der Waals surface area contributed by atoms with E-state index in [0.29, 0.717) is 29.2 Å². The number of morpholine rings is 1. The van der Waals surface area contributed by atoms with Crippen molar-refractivity contribution in [2.75, 3.05) is 19.6 Å². The number of ketones is 1. The summed E-state index contributed by atoms with van der Waals surface area (Å²) >= 11 is 5.74. The van der Waals surface area contributed by atoms with E-state index in [1.54, 1.807) is 24.5 Å². The van der Waals surface area contributed by atoms with Crippen molar-refractivity contribution in [1.29, 1.82) is 0 Å². The third-order valence-corrected chi connectivity index (χ3v) is 5.60. The summed E-state index contributed by atoms with van der Waals surface area (Å²) in [6, 6.07) is 5.53. The van der Waals surface area contributed by atoms with Crippen molar-refractivity contribution in [2.24, 2.45) is 0 Å². The molecule has 8 heteroatoms. The number of rotatable bonds is 4. The van der Waals surface area contributed by atoms with Gasteiger partial charge in [-0.3, -0.25) is 4.79 Å². The van der Waals surface area contributed by atoms with E-state index in [1.165, 1.54) is 12.1 Å². The molecule has 3 atom stereocenters. The number of nitrogens with one attached hydrogen (secondary N) is 1. The number of hydrogen-bond donors (Lipinski definition) is 1. The topological polar surface area (TPSA) is 35.7 Å². The number of hydrogen-bond acceptors (Lipinski definition) is 2. The van der Waals surface area contributed by atoms with Gasteiger partial charge in [-0.2, -0.15) is 13.2 Å². The van der Waals surface area contributed by atoms with Crippen molar-refractivity contribution in [3.05, 3.63) is 51.8 Å². The average molecular weight is 430 g/mol. The van der Waals surface area contributed by atoms with E-state index >= 15 is 0 Å². The molecule has 1 aliphatic rings. The number of carbonyl (C=O) groups excluding carboxylic acids is 1. The number of aryl methyl sites for hydroxylation is 1. The summed E-state index contributed by atoms with van der Waals surface area (Å²) in [5, 5.41) is -0.348. The van der Waals surface area contributed by atoms with Crippen molar-refractivity contribution in [3.8, 4) is 5.69 Å². The Morgan fingerprint density at radius 3 is 2.41 bits per heavy atom. The third-order valence-electron chi connectivity index (χ3n) is 5.27. The lowest BCUT2D eigenvalue weighted by Gasteiger charge is -2.31. The summed E-state index contributed by atoms with van der Waals surface area (Å²) in [6.45, 7) is 9.34. The van der Waals surface area contributed by atoms with Crippen LogP contribution in [0.1, 0.15) is 41.2 Å². The second-order valence-corrected chi connectivity index (χ2v) is 8.20. The highest BCUT2D eigenvalue weighted by Crippen LogP contribution is 2.36. The third kappa shape index (κ3) is 4.68. The molecule has 0 saturated carbocycles. The van der Waals surface area contributed by atoms with Crippen LogP contribution in [0, 0.1) is 13.8 Å². The Kier molecular flexibility index (Phi) is 6.13. The van der Waals surface area contributed by atoms with Gasteiger partial charge < -0.3 is 14.2 Å². The lowest BCUT2D eigenvalue weighted by molar-refractivity contribution is -0.906. The van der Waals surface area contributed by atoms with Crippen molar-refractivity contribution >= 4 is 17.4 Å². The van der Waals surface area contributed by atoms with Crippen molar-refractivity contribution in [3.63, 3.8) is 0 Å². The van der Waals surface area contributed by atoms with E-state index in [2.05, 4.69) is 0 Å². The Labute approximate surface area is 173 Å². The zero-order valence-electron chi connectivity index (χ0n) is 16.9. The molecular weight excluding hydrogens is 405 g/mol. The SMILES string of the molecule is Cc1cc(C(=O)C[NH+]2C[C@@H](C)O[C@@H](C)C2)c(C)n1-c1ccc(Cl)c(C(F)(F)F)c1. The molecule has 2 heterocycles. The van der Waals surface area contributed by atoms with Crippen LogP contribution in [-0.4, -0.2) is 42.2 Å². The monoisotopic (exact) mass is 429 g/mol. The Morgan fingerprint density at radius 1 is 1.21 bits per heavy atom. The second kappa shape index (κ2) is 8.13. The van der Waals surface area contributed by atoms with Crippen LogP contribution in [0.15, 0.2) is 24.3 Å². The normalized spacial score (nSPS) is 22.7. The first-order chi connectivity index (χ1) is 13.5. The minimum atomic E-state index is -4.55. The molecule has 1 aromatic heterocycles. The summed E-state index contributed by atoms with van der Waals surface area (Å²) in [4.78, 5) is 14.1. The highest BCUT2D eigenvalue weighted by molar-refractivity contribution is 6.31. The van der Waals surface area contributed by atoms with E-state index in [-0.39, 0.29) is 23.0 Å². The van der Waals surface area contributed by atoms with E-state index in [4.69, 9.17) is 16.3 Å². The van der Waals surface area contributed by atoms with Gasteiger partial charge >= 0.3 is 6.18 Å².